The number of fused-ring (bicyclic) bond motifs is 2. The Hall–Kier alpha value is -3.62. The topological polar surface area (TPSA) is 116 Å². The summed E-state index contributed by atoms with van der Waals surface area (Å²) < 4.78 is 5.99. The number of hydrogen-bond acceptors (Lipinski definition) is 7. The van der Waals surface area contributed by atoms with Crippen LogP contribution in [-0.2, 0) is 4.79 Å². The first-order valence-electron chi connectivity index (χ1n) is 11.3. The molecule has 1 aliphatic heterocycles. The largest absolute Gasteiger partial charge is 0.494 e. The molecule has 174 valence electrons. The third kappa shape index (κ3) is 5.42. The highest BCUT2D eigenvalue weighted by molar-refractivity contribution is 6.06. The average Bonchev–Trinajstić information content (AvgIpc) is 3.13. The maximum Gasteiger partial charge on any atom is 0.222 e. The Balaban J connectivity index is 1.66. The van der Waals surface area contributed by atoms with E-state index in [0.29, 0.717) is 48.5 Å². The van der Waals surface area contributed by atoms with Crippen LogP contribution < -0.4 is 10.1 Å². The molecular weight excluding hydrogens is 420 g/mol. The molecule has 4 rings (SSSR count). The molecule has 3 aromatic rings. The van der Waals surface area contributed by atoms with Gasteiger partial charge < -0.3 is 25.0 Å². The van der Waals surface area contributed by atoms with E-state index in [-0.39, 0.29) is 11.8 Å². The molecule has 0 unspecified atom stereocenters. The number of aromatic amines is 1. The van der Waals surface area contributed by atoms with Crippen LogP contribution >= 0.6 is 0 Å². The number of rotatable bonds is 0. The summed E-state index contributed by atoms with van der Waals surface area (Å²) in [6.07, 6.45) is 7.41. The Morgan fingerprint density at radius 3 is 2.88 bits per heavy atom. The molecule has 0 spiro atoms. The van der Waals surface area contributed by atoms with Crippen molar-refractivity contribution < 1.29 is 14.6 Å². The van der Waals surface area contributed by atoms with E-state index in [4.69, 9.17) is 4.74 Å². The second kappa shape index (κ2) is 10.3. The molecule has 2 aromatic heterocycles. The molecule has 33 heavy (non-hydrogen) atoms. The van der Waals surface area contributed by atoms with Crippen molar-refractivity contribution in [3.05, 3.63) is 35.7 Å². The van der Waals surface area contributed by atoms with E-state index in [1.54, 1.807) is 11.1 Å². The predicted octanol–water partition coefficient (Wildman–Crippen LogP) is 3.94. The van der Waals surface area contributed by atoms with Crippen molar-refractivity contribution in [2.24, 2.45) is 4.99 Å². The number of likely N-dealkylation sites (N-methyl/N-ethyl adjacent to an activating group) is 1. The lowest BCUT2D eigenvalue weighted by atomic mass is 10.1. The van der Waals surface area contributed by atoms with E-state index < -0.39 is 0 Å². The van der Waals surface area contributed by atoms with Gasteiger partial charge in [-0.15, -0.1) is 0 Å². The molecule has 1 amide bonds. The van der Waals surface area contributed by atoms with Crippen molar-refractivity contribution in [2.75, 3.05) is 32.1 Å². The van der Waals surface area contributed by atoms with Crippen molar-refractivity contribution in [2.45, 2.75) is 39.0 Å². The number of hydrogen-bond donors (Lipinski definition) is 3. The Bertz CT molecular complexity index is 1160. The summed E-state index contributed by atoms with van der Waals surface area (Å²) >= 11 is 0. The standard InChI is InChI=1S/C24H30N6O3/c1-16-8-9-17-13-19(16)33-12-6-4-3-5-7-20(31)30(2)11-10-25-22-21-18(14-26-17)24(32)29-23(21)28-15-27-22/h8-9,13-15,32H,3-7,10-12H2,1-2H3,(H2,25,27,28,29). The number of aryl methyl sites for hydroxylation is 1. The number of nitrogens with zero attached hydrogens (tertiary/aromatic N) is 4. The first-order chi connectivity index (χ1) is 16.0. The summed E-state index contributed by atoms with van der Waals surface area (Å²) in [6.45, 7) is 3.70. The number of carbonyl (C=O) groups excluding carboxylic acids is 1. The second-order valence-electron chi connectivity index (χ2n) is 8.30. The van der Waals surface area contributed by atoms with Gasteiger partial charge in [-0.05, 0) is 31.4 Å². The van der Waals surface area contributed by atoms with E-state index >= 15 is 0 Å². The first kappa shape index (κ1) is 22.6. The van der Waals surface area contributed by atoms with Crippen molar-refractivity contribution in [1.82, 2.24) is 19.9 Å². The zero-order chi connectivity index (χ0) is 23.2. The highest BCUT2D eigenvalue weighted by Gasteiger charge is 2.16. The van der Waals surface area contributed by atoms with Gasteiger partial charge >= 0.3 is 0 Å². The molecule has 0 saturated carbocycles. The van der Waals surface area contributed by atoms with Crippen LogP contribution in [0.25, 0.3) is 11.0 Å². The van der Waals surface area contributed by atoms with Crippen molar-refractivity contribution in [3.63, 3.8) is 0 Å². The van der Waals surface area contributed by atoms with Crippen LogP contribution in [-0.4, -0.2) is 63.8 Å². The van der Waals surface area contributed by atoms with Crippen LogP contribution in [0.4, 0.5) is 11.5 Å². The number of nitrogens with one attached hydrogen (secondary N) is 2. The summed E-state index contributed by atoms with van der Waals surface area (Å²) in [6, 6.07) is 5.79. The molecule has 2 bridgehead atoms. The van der Waals surface area contributed by atoms with Crippen molar-refractivity contribution in [1.29, 1.82) is 0 Å². The number of benzene rings is 1. The molecule has 1 aromatic carbocycles. The van der Waals surface area contributed by atoms with Crippen LogP contribution in [0.3, 0.4) is 0 Å². The molecule has 0 atom stereocenters. The molecule has 9 heteroatoms. The summed E-state index contributed by atoms with van der Waals surface area (Å²) in [4.78, 5) is 30.2. The Morgan fingerprint density at radius 2 is 2.00 bits per heavy atom. The number of amides is 1. The Labute approximate surface area is 192 Å². The van der Waals surface area contributed by atoms with Gasteiger partial charge in [0.15, 0.2) is 5.88 Å². The van der Waals surface area contributed by atoms with E-state index in [1.165, 1.54) is 6.33 Å². The maximum absolute atomic E-state index is 12.4. The lowest BCUT2D eigenvalue weighted by Gasteiger charge is -2.18. The zero-order valence-corrected chi connectivity index (χ0v) is 19.1. The Kier molecular flexibility index (Phi) is 7.07. The molecule has 0 radical (unpaired) electrons. The molecule has 0 aliphatic carbocycles. The van der Waals surface area contributed by atoms with Gasteiger partial charge in [-0.3, -0.25) is 9.79 Å². The van der Waals surface area contributed by atoms with Crippen molar-refractivity contribution in [3.8, 4) is 11.6 Å². The van der Waals surface area contributed by atoms with Crippen LogP contribution in [0.5, 0.6) is 11.6 Å². The number of aromatic hydroxyl groups is 1. The second-order valence-corrected chi connectivity index (χ2v) is 8.30. The highest BCUT2D eigenvalue weighted by atomic mass is 16.5. The smallest absolute Gasteiger partial charge is 0.222 e. The van der Waals surface area contributed by atoms with Crippen LogP contribution in [0.1, 0.15) is 43.2 Å². The van der Waals surface area contributed by atoms with Gasteiger partial charge in [-0.2, -0.15) is 0 Å². The Morgan fingerprint density at radius 1 is 1.15 bits per heavy atom. The minimum absolute atomic E-state index is 0.0321. The quantitative estimate of drug-likeness (QED) is 0.478. The first-order valence-corrected chi connectivity index (χ1v) is 11.3. The van der Waals surface area contributed by atoms with E-state index in [9.17, 15) is 9.90 Å². The highest BCUT2D eigenvalue weighted by Crippen LogP contribution is 2.30. The molecular formula is C24H30N6O3. The minimum atomic E-state index is -0.0321. The number of anilines is 1. The fraction of sp³-hybridized carbons (Fsp3) is 0.417. The number of H-pyrrole nitrogens is 1. The SMILES string of the molecule is Cc1ccc2cc1OCCCCCCC(=O)N(C)CCNc1ncnc3[nH]c(O)c(c13)C=N2. The molecule has 0 fully saturated rings. The lowest BCUT2D eigenvalue weighted by Crippen LogP contribution is -2.31. The zero-order valence-electron chi connectivity index (χ0n) is 19.1. The normalized spacial score (nSPS) is 16.3. The number of aliphatic imine (C=N–C) groups is 1. The monoisotopic (exact) mass is 450 g/mol. The van der Waals surface area contributed by atoms with E-state index in [2.05, 4.69) is 25.3 Å². The summed E-state index contributed by atoms with van der Waals surface area (Å²) in [7, 11) is 1.82. The molecule has 1 aliphatic rings. The van der Waals surface area contributed by atoms with E-state index in [0.717, 1.165) is 42.7 Å². The van der Waals surface area contributed by atoms with Gasteiger partial charge in [0.05, 0.1) is 23.2 Å². The predicted molar refractivity (Wildman–Crippen MR) is 129 cm³/mol. The maximum atomic E-state index is 12.4. The average molecular weight is 451 g/mol. The van der Waals surface area contributed by atoms with Gasteiger partial charge in [-0.1, -0.05) is 18.9 Å². The molecule has 3 N–H and O–H groups in total. The summed E-state index contributed by atoms with van der Waals surface area (Å²) in [5.41, 5.74) is 2.77. The summed E-state index contributed by atoms with van der Waals surface area (Å²) in [5.74, 6) is 1.47. The molecule has 3 heterocycles. The van der Waals surface area contributed by atoms with Gasteiger partial charge in [0.25, 0.3) is 0 Å². The fourth-order valence-corrected chi connectivity index (χ4v) is 3.83. The van der Waals surface area contributed by atoms with Gasteiger partial charge in [-0.25, -0.2) is 9.97 Å². The third-order valence-electron chi connectivity index (χ3n) is 5.83. The van der Waals surface area contributed by atoms with Gasteiger partial charge in [0.2, 0.25) is 5.91 Å². The molecule has 9 nitrogen and oxygen atoms in total. The van der Waals surface area contributed by atoms with Crippen molar-refractivity contribution >= 4 is 34.7 Å². The number of ether oxygens (including phenoxy) is 1. The van der Waals surface area contributed by atoms with Crippen LogP contribution in [0.15, 0.2) is 29.5 Å². The number of carbonyl (C=O) groups is 1. The molecule has 0 saturated heterocycles. The van der Waals surface area contributed by atoms with Gasteiger partial charge in [0.1, 0.15) is 23.5 Å². The van der Waals surface area contributed by atoms with Crippen LogP contribution in [0.2, 0.25) is 0 Å². The minimum Gasteiger partial charge on any atom is -0.494 e. The van der Waals surface area contributed by atoms with E-state index in [1.807, 2.05) is 32.2 Å². The third-order valence-corrected chi connectivity index (χ3v) is 5.83. The lowest BCUT2D eigenvalue weighted by molar-refractivity contribution is -0.129. The fourth-order valence-electron chi connectivity index (χ4n) is 3.83. The van der Waals surface area contributed by atoms with Gasteiger partial charge in [0, 0.05) is 38.8 Å². The number of aromatic nitrogens is 3. The van der Waals surface area contributed by atoms with Crippen LogP contribution in [0, 0.1) is 6.92 Å². The summed E-state index contributed by atoms with van der Waals surface area (Å²) in [5, 5.41) is 14.4.